The third kappa shape index (κ3) is 3.73. The predicted octanol–water partition coefficient (Wildman–Crippen LogP) is 1.81. The van der Waals surface area contributed by atoms with Crippen molar-refractivity contribution in [3.05, 3.63) is 45.2 Å². The Balaban J connectivity index is 2.16. The van der Waals surface area contributed by atoms with Gasteiger partial charge in [0.1, 0.15) is 5.69 Å². The highest BCUT2D eigenvalue weighted by molar-refractivity contribution is 7.80. The van der Waals surface area contributed by atoms with Crippen LogP contribution >= 0.6 is 23.8 Å². The minimum absolute atomic E-state index is 0.0977. The highest BCUT2D eigenvalue weighted by Crippen LogP contribution is 2.35. The number of phenolic OH excluding ortho intramolecular Hbond substituents is 1. The van der Waals surface area contributed by atoms with E-state index < -0.39 is 16.6 Å². The number of rotatable bonds is 3. The number of amides is 1. The Morgan fingerprint density at radius 1 is 1.52 bits per heavy atom. The maximum Gasteiger partial charge on any atom is 0.275 e. The number of aryl methyl sites for hydroxylation is 1. The van der Waals surface area contributed by atoms with E-state index in [9.17, 15) is 20.0 Å². The maximum atomic E-state index is 12.0. The quantitative estimate of drug-likeness (QED) is 0.332. The topological polar surface area (TPSA) is 122 Å². The van der Waals surface area contributed by atoms with Gasteiger partial charge in [-0.1, -0.05) is 11.6 Å². The molecule has 2 rings (SSSR count). The van der Waals surface area contributed by atoms with Gasteiger partial charge in [-0.2, -0.15) is 5.10 Å². The molecule has 1 heterocycles. The number of hydrogen-bond donors (Lipinski definition) is 3. The Morgan fingerprint density at radius 2 is 2.22 bits per heavy atom. The van der Waals surface area contributed by atoms with E-state index in [0.29, 0.717) is 0 Å². The van der Waals surface area contributed by atoms with Crippen molar-refractivity contribution >= 4 is 46.2 Å². The smallest absolute Gasteiger partial charge is 0.275 e. The normalized spacial score (nSPS) is 10.2. The summed E-state index contributed by atoms with van der Waals surface area (Å²) >= 11 is 10.7. The van der Waals surface area contributed by atoms with Gasteiger partial charge < -0.3 is 10.4 Å². The maximum absolute atomic E-state index is 12.0. The molecule has 9 nitrogen and oxygen atoms in total. The van der Waals surface area contributed by atoms with Crippen molar-refractivity contribution in [1.29, 1.82) is 0 Å². The van der Waals surface area contributed by atoms with E-state index in [1.54, 1.807) is 7.05 Å². The van der Waals surface area contributed by atoms with E-state index in [-0.39, 0.29) is 27.2 Å². The molecule has 2 aromatic rings. The second-order valence-electron chi connectivity index (χ2n) is 4.33. The summed E-state index contributed by atoms with van der Waals surface area (Å²) in [6, 6.07) is 3.53. The van der Waals surface area contributed by atoms with Crippen LogP contribution in [0, 0.1) is 10.1 Å². The van der Waals surface area contributed by atoms with Crippen molar-refractivity contribution in [3.63, 3.8) is 0 Å². The van der Waals surface area contributed by atoms with Gasteiger partial charge in [0.05, 0.1) is 15.6 Å². The number of nitrogens with zero attached hydrogens (tertiary/aromatic N) is 3. The molecule has 1 aromatic heterocycles. The van der Waals surface area contributed by atoms with E-state index in [1.807, 2.05) is 0 Å². The molecule has 0 spiro atoms. The summed E-state index contributed by atoms with van der Waals surface area (Å²) in [5.41, 5.74) is -0.175. The second kappa shape index (κ2) is 6.58. The zero-order valence-electron chi connectivity index (χ0n) is 11.6. The van der Waals surface area contributed by atoms with Gasteiger partial charge in [-0.15, -0.1) is 0 Å². The highest BCUT2D eigenvalue weighted by atomic mass is 35.5. The first-order valence-corrected chi connectivity index (χ1v) is 6.85. The number of nitro groups is 1. The Bertz CT molecular complexity index is 807. The molecule has 0 unspecified atom stereocenters. The van der Waals surface area contributed by atoms with Gasteiger partial charge in [-0.05, 0) is 18.3 Å². The van der Waals surface area contributed by atoms with Gasteiger partial charge in [0, 0.05) is 25.4 Å². The molecule has 11 heteroatoms. The lowest BCUT2D eigenvalue weighted by Gasteiger charge is -2.11. The van der Waals surface area contributed by atoms with Gasteiger partial charge in [0.15, 0.2) is 10.9 Å². The standard InChI is InChI=1S/C12H10ClN5O4S/c1-17-9(2-3-14-17)11(20)16-12(23)15-8-5-6(18(21)22)4-7(13)10(8)19/h2-5,19H,1H3,(H2,15,16,20,23). The van der Waals surface area contributed by atoms with Crippen LogP contribution in [-0.4, -0.2) is 30.8 Å². The van der Waals surface area contributed by atoms with Crippen molar-refractivity contribution in [2.45, 2.75) is 0 Å². The number of halogens is 1. The summed E-state index contributed by atoms with van der Waals surface area (Å²) < 4.78 is 1.35. The number of nitro benzene ring substituents is 1. The number of nitrogens with one attached hydrogen (secondary N) is 2. The van der Waals surface area contributed by atoms with Crippen molar-refractivity contribution in [3.8, 4) is 5.75 Å². The van der Waals surface area contributed by atoms with Crippen LogP contribution in [0.15, 0.2) is 24.4 Å². The van der Waals surface area contributed by atoms with Crippen LogP contribution in [0.2, 0.25) is 5.02 Å². The van der Waals surface area contributed by atoms with Crippen LogP contribution in [0.25, 0.3) is 0 Å². The number of thiocarbonyl (C=S) groups is 1. The first-order chi connectivity index (χ1) is 10.8. The minimum atomic E-state index is -0.673. The van der Waals surface area contributed by atoms with Gasteiger partial charge in [-0.25, -0.2) is 0 Å². The molecule has 1 amide bonds. The zero-order valence-corrected chi connectivity index (χ0v) is 13.2. The number of phenols is 1. The van der Waals surface area contributed by atoms with Crippen LogP contribution in [0.1, 0.15) is 10.5 Å². The van der Waals surface area contributed by atoms with E-state index in [1.165, 1.54) is 16.9 Å². The molecule has 0 bridgehead atoms. The average Bonchev–Trinajstić information content (AvgIpc) is 2.89. The molecule has 1 aromatic carbocycles. The van der Waals surface area contributed by atoms with Crippen molar-refractivity contribution in [2.75, 3.05) is 5.32 Å². The van der Waals surface area contributed by atoms with E-state index >= 15 is 0 Å². The summed E-state index contributed by atoms with van der Waals surface area (Å²) in [7, 11) is 1.58. The Morgan fingerprint density at radius 3 is 2.78 bits per heavy atom. The lowest BCUT2D eigenvalue weighted by Crippen LogP contribution is -2.35. The summed E-state index contributed by atoms with van der Waals surface area (Å²) in [6.07, 6.45) is 1.44. The van der Waals surface area contributed by atoms with Crippen LogP contribution in [0.3, 0.4) is 0 Å². The number of hydrogen-bond acceptors (Lipinski definition) is 6. The third-order valence-corrected chi connectivity index (χ3v) is 3.28. The number of carbonyl (C=O) groups is 1. The SMILES string of the molecule is Cn1nccc1C(=O)NC(=S)Nc1cc([N+](=O)[O-])cc(Cl)c1O. The van der Waals surface area contributed by atoms with E-state index in [4.69, 9.17) is 23.8 Å². The molecule has 120 valence electrons. The molecule has 0 aliphatic carbocycles. The molecule has 0 radical (unpaired) electrons. The van der Waals surface area contributed by atoms with E-state index in [2.05, 4.69) is 15.7 Å². The lowest BCUT2D eigenvalue weighted by molar-refractivity contribution is -0.384. The largest absolute Gasteiger partial charge is 0.504 e. The number of benzene rings is 1. The van der Waals surface area contributed by atoms with Crippen molar-refractivity contribution in [2.24, 2.45) is 7.05 Å². The molecule has 0 saturated heterocycles. The molecule has 3 N–H and O–H groups in total. The van der Waals surface area contributed by atoms with E-state index in [0.717, 1.165) is 12.1 Å². The Kier molecular flexibility index (Phi) is 4.77. The lowest BCUT2D eigenvalue weighted by atomic mass is 10.2. The number of anilines is 1. The molecular weight excluding hydrogens is 346 g/mol. The molecule has 0 saturated carbocycles. The van der Waals surface area contributed by atoms with Crippen LogP contribution < -0.4 is 10.6 Å². The molecule has 0 aliphatic heterocycles. The zero-order chi connectivity index (χ0) is 17.1. The van der Waals surface area contributed by atoms with Gasteiger partial charge >= 0.3 is 0 Å². The fourth-order valence-electron chi connectivity index (χ4n) is 1.70. The monoisotopic (exact) mass is 355 g/mol. The Labute approximate surface area is 140 Å². The number of aromatic nitrogens is 2. The number of carbonyl (C=O) groups excluding carboxylic acids is 1. The first-order valence-electron chi connectivity index (χ1n) is 6.07. The Hall–Kier alpha value is -2.72. The van der Waals surface area contributed by atoms with Crippen LogP contribution in [0.4, 0.5) is 11.4 Å². The first kappa shape index (κ1) is 16.6. The summed E-state index contributed by atoms with van der Waals surface area (Å²) in [5.74, 6) is -0.951. The fraction of sp³-hybridized carbons (Fsp3) is 0.0833. The van der Waals surface area contributed by atoms with Crippen molar-refractivity contribution in [1.82, 2.24) is 15.1 Å². The number of aromatic hydroxyl groups is 1. The third-order valence-electron chi connectivity index (χ3n) is 2.79. The number of non-ortho nitro benzene ring substituents is 1. The van der Waals surface area contributed by atoms with Crippen LogP contribution in [0.5, 0.6) is 5.75 Å². The molecule has 0 aliphatic rings. The predicted molar refractivity (Wildman–Crippen MR) is 86.7 cm³/mol. The molecule has 0 atom stereocenters. The average molecular weight is 356 g/mol. The summed E-state index contributed by atoms with van der Waals surface area (Å²) in [6.45, 7) is 0. The molecule has 0 fully saturated rings. The summed E-state index contributed by atoms with van der Waals surface area (Å²) in [5, 5.41) is 28.9. The van der Waals surface area contributed by atoms with Crippen molar-refractivity contribution < 1.29 is 14.8 Å². The fourth-order valence-corrected chi connectivity index (χ4v) is 2.12. The van der Waals surface area contributed by atoms with Crippen LogP contribution in [-0.2, 0) is 7.05 Å². The van der Waals surface area contributed by atoms with Gasteiger partial charge in [-0.3, -0.25) is 24.9 Å². The highest BCUT2D eigenvalue weighted by Gasteiger charge is 2.17. The molecule has 23 heavy (non-hydrogen) atoms. The van der Waals surface area contributed by atoms with Gasteiger partial charge in [0.25, 0.3) is 11.6 Å². The minimum Gasteiger partial charge on any atom is -0.504 e. The second-order valence-corrected chi connectivity index (χ2v) is 5.14. The molecular formula is C12H10ClN5O4S. The van der Waals surface area contributed by atoms with Gasteiger partial charge in [0.2, 0.25) is 0 Å². The summed E-state index contributed by atoms with van der Waals surface area (Å²) in [4.78, 5) is 22.1.